The maximum atomic E-state index is 6.61. The summed E-state index contributed by atoms with van der Waals surface area (Å²) in [7, 11) is -8.28. The molecule has 0 aliphatic rings. The van der Waals surface area contributed by atoms with E-state index >= 15 is 0 Å². The van der Waals surface area contributed by atoms with Crippen LogP contribution in [0.4, 0.5) is 0 Å². The van der Waals surface area contributed by atoms with E-state index in [1.807, 2.05) is 0 Å². The summed E-state index contributed by atoms with van der Waals surface area (Å²) >= 11 is 0. The average Bonchev–Trinajstić information content (AvgIpc) is 2.49. The zero-order chi connectivity index (χ0) is 18.4. The van der Waals surface area contributed by atoms with E-state index in [9.17, 15) is 0 Å². The van der Waals surface area contributed by atoms with Crippen LogP contribution in [0.25, 0.3) is 0 Å². The van der Waals surface area contributed by atoms with Crippen molar-refractivity contribution in [3.8, 4) is 0 Å². The fourth-order valence-electron chi connectivity index (χ4n) is 3.06. The summed E-state index contributed by atoms with van der Waals surface area (Å²) in [6.07, 6.45) is 0. The molecule has 0 heterocycles. The molecule has 0 saturated carbocycles. The van der Waals surface area contributed by atoms with Crippen molar-refractivity contribution in [2.75, 3.05) is 0 Å². The summed E-state index contributed by atoms with van der Waals surface area (Å²) in [6.45, 7) is 25.5. The van der Waals surface area contributed by atoms with Gasteiger partial charge in [0.15, 0.2) is 0 Å². The highest BCUT2D eigenvalue weighted by Crippen LogP contribution is 2.29. The largest absolute Gasteiger partial charge is 0.433 e. The zero-order valence-corrected chi connectivity index (χ0v) is 20.6. The van der Waals surface area contributed by atoms with Crippen LogP contribution >= 0.6 is 0 Å². The molecule has 0 amide bonds. The SMILES string of the molecule is C=C[Si](CC)(CC)O[Si](C)(C)O[Si](C)(C)O[Si](C=C)(CC)CC. The van der Waals surface area contributed by atoms with Gasteiger partial charge >= 0.3 is 17.1 Å². The van der Waals surface area contributed by atoms with Gasteiger partial charge < -0.3 is 12.3 Å². The van der Waals surface area contributed by atoms with Crippen molar-refractivity contribution < 1.29 is 12.3 Å². The molecule has 0 N–H and O–H groups in total. The van der Waals surface area contributed by atoms with Gasteiger partial charge in [-0.25, -0.2) is 0 Å². The van der Waals surface area contributed by atoms with E-state index in [0.29, 0.717) is 0 Å². The summed E-state index contributed by atoms with van der Waals surface area (Å²) in [5.41, 5.74) is 4.14. The van der Waals surface area contributed by atoms with Gasteiger partial charge in [0, 0.05) is 0 Å². The van der Waals surface area contributed by atoms with Gasteiger partial charge in [-0.05, 0) is 50.4 Å². The Morgan fingerprint density at radius 1 is 0.609 bits per heavy atom. The monoisotopic (exact) mass is 390 g/mol. The van der Waals surface area contributed by atoms with E-state index < -0.39 is 33.8 Å². The summed E-state index contributed by atoms with van der Waals surface area (Å²) in [5.74, 6) is 0. The third-order valence-corrected chi connectivity index (χ3v) is 21.9. The Labute approximate surface area is 148 Å². The molecule has 0 spiro atoms. The van der Waals surface area contributed by atoms with Crippen LogP contribution in [0.5, 0.6) is 0 Å². The van der Waals surface area contributed by atoms with Crippen molar-refractivity contribution in [2.45, 2.75) is 78.1 Å². The van der Waals surface area contributed by atoms with Gasteiger partial charge in [-0.2, -0.15) is 0 Å². The molecule has 0 aromatic heterocycles. The first kappa shape index (κ1) is 23.2. The predicted octanol–water partition coefficient (Wildman–Crippen LogP) is 5.86. The van der Waals surface area contributed by atoms with E-state index in [2.05, 4.69) is 78.4 Å². The van der Waals surface area contributed by atoms with Crippen molar-refractivity contribution >= 4 is 33.8 Å². The van der Waals surface area contributed by atoms with E-state index in [1.165, 1.54) is 0 Å². The van der Waals surface area contributed by atoms with Gasteiger partial charge in [0.25, 0.3) is 0 Å². The predicted molar refractivity (Wildman–Crippen MR) is 112 cm³/mol. The second kappa shape index (κ2) is 9.07. The first-order valence-electron chi connectivity index (χ1n) is 8.86. The topological polar surface area (TPSA) is 27.7 Å². The van der Waals surface area contributed by atoms with Crippen molar-refractivity contribution in [1.82, 2.24) is 0 Å². The van der Waals surface area contributed by atoms with Crippen LogP contribution in [-0.2, 0) is 12.3 Å². The summed E-state index contributed by atoms with van der Waals surface area (Å²) < 4.78 is 19.8. The zero-order valence-electron chi connectivity index (χ0n) is 16.6. The van der Waals surface area contributed by atoms with Crippen LogP contribution in [0.1, 0.15) is 27.7 Å². The highest BCUT2D eigenvalue weighted by molar-refractivity contribution is 6.92. The van der Waals surface area contributed by atoms with E-state index in [0.717, 1.165) is 24.2 Å². The molecule has 136 valence electrons. The van der Waals surface area contributed by atoms with Crippen LogP contribution < -0.4 is 0 Å². The molecule has 0 aromatic rings. The van der Waals surface area contributed by atoms with Gasteiger partial charge in [0.2, 0.25) is 16.6 Å². The molecule has 23 heavy (non-hydrogen) atoms. The molecule has 0 aliphatic heterocycles. The summed E-state index contributed by atoms with van der Waals surface area (Å²) in [5, 5.41) is 0. The fraction of sp³-hybridized carbons (Fsp3) is 0.750. The van der Waals surface area contributed by atoms with E-state index in [-0.39, 0.29) is 0 Å². The Bertz CT molecular complexity index is 353. The van der Waals surface area contributed by atoms with Gasteiger partial charge in [-0.1, -0.05) is 39.1 Å². The Balaban J connectivity index is 5.19. The smallest absolute Gasteiger partial charge is 0.312 e. The van der Waals surface area contributed by atoms with Crippen LogP contribution in [0.3, 0.4) is 0 Å². The molecule has 7 heteroatoms. The van der Waals surface area contributed by atoms with Crippen molar-refractivity contribution in [3.63, 3.8) is 0 Å². The lowest BCUT2D eigenvalue weighted by Crippen LogP contribution is -2.57. The quantitative estimate of drug-likeness (QED) is 0.390. The molecule has 0 radical (unpaired) electrons. The van der Waals surface area contributed by atoms with Crippen LogP contribution in [0.2, 0.25) is 50.4 Å². The van der Waals surface area contributed by atoms with Crippen LogP contribution in [0.15, 0.2) is 24.6 Å². The Kier molecular flexibility index (Phi) is 9.16. The van der Waals surface area contributed by atoms with E-state index in [1.54, 1.807) is 0 Å². The lowest BCUT2D eigenvalue weighted by Gasteiger charge is -2.42. The minimum Gasteiger partial charge on any atom is -0.433 e. The van der Waals surface area contributed by atoms with Crippen molar-refractivity contribution in [1.29, 1.82) is 0 Å². The molecule has 0 aromatic carbocycles. The third kappa shape index (κ3) is 6.93. The Morgan fingerprint density at radius 2 is 0.870 bits per heavy atom. The van der Waals surface area contributed by atoms with E-state index in [4.69, 9.17) is 12.3 Å². The maximum absolute atomic E-state index is 6.61. The minimum absolute atomic E-state index is 1.05. The molecule has 3 nitrogen and oxygen atoms in total. The fourth-order valence-corrected chi connectivity index (χ4v) is 21.8. The van der Waals surface area contributed by atoms with Gasteiger partial charge in [-0.15, -0.1) is 13.2 Å². The Morgan fingerprint density at radius 3 is 1.04 bits per heavy atom. The molecule has 0 bridgehead atoms. The first-order valence-corrected chi connectivity index (χ1v) is 19.3. The normalized spacial score (nSPS) is 13.9. The summed E-state index contributed by atoms with van der Waals surface area (Å²) in [6, 6.07) is 4.19. The summed E-state index contributed by atoms with van der Waals surface area (Å²) in [4.78, 5) is 0. The average molecular weight is 391 g/mol. The standard InChI is InChI=1S/C16H38O3Si4/c1-11-22(12-2,13-3)18-20(7,8)17-21(9,10)19-23(14-4,15-5)16-6/h11,14H,1,4,12-13,15-16H2,2-3,5-10H3. The number of hydrogen-bond donors (Lipinski definition) is 0. The van der Waals surface area contributed by atoms with Gasteiger partial charge in [-0.3, -0.25) is 0 Å². The second-order valence-corrected chi connectivity index (χ2v) is 23.0. The van der Waals surface area contributed by atoms with Crippen LogP contribution in [-0.4, -0.2) is 33.8 Å². The van der Waals surface area contributed by atoms with Crippen molar-refractivity contribution in [2.24, 2.45) is 0 Å². The van der Waals surface area contributed by atoms with Crippen molar-refractivity contribution in [3.05, 3.63) is 24.6 Å². The molecule has 0 rings (SSSR count). The lowest BCUT2D eigenvalue weighted by molar-refractivity contribution is 0.328. The molecular weight excluding hydrogens is 353 g/mol. The molecular formula is C16H38O3Si4. The minimum atomic E-state index is -2.26. The lowest BCUT2D eigenvalue weighted by atomic mass is 10.9. The van der Waals surface area contributed by atoms with Gasteiger partial charge in [0.1, 0.15) is 0 Å². The maximum Gasteiger partial charge on any atom is 0.312 e. The van der Waals surface area contributed by atoms with Gasteiger partial charge in [0.05, 0.1) is 0 Å². The first-order chi connectivity index (χ1) is 10.5. The number of hydrogen-bond acceptors (Lipinski definition) is 3. The van der Waals surface area contributed by atoms with Crippen LogP contribution in [0, 0.1) is 0 Å². The molecule has 0 saturated heterocycles. The molecule has 0 atom stereocenters. The molecule has 0 fully saturated rings. The number of rotatable bonds is 12. The highest BCUT2D eigenvalue weighted by atomic mass is 28.5. The second-order valence-electron chi connectivity index (χ2n) is 7.06. The Hall–Kier alpha value is 0.228. The molecule has 0 unspecified atom stereocenters. The third-order valence-electron chi connectivity index (χ3n) is 4.53. The highest BCUT2D eigenvalue weighted by Gasteiger charge is 2.45. The molecule has 0 aliphatic carbocycles.